The summed E-state index contributed by atoms with van der Waals surface area (Å²) in [6.45, 7) is 0.502. The molecule has 25 heavy (non-hydrogen) atoms. The summed E-state index contributed by atoms with van der Waals surface area (Å²) in [6.07, 6.45) is 0. The number of rotatable bonds is 3. The predicted molar refractivity (Wildman–Crippen MR) is 99.8 cm³/mol. The maximum Gasteiger partial charge on any atom is 0.268 e. The minimum absolute atomic E-state index is 0.0259. The van der Waals surface area contributed by atoms with Crippen molar-refractivity contribution in [2.45, 2.75) is 6.61 Å². The van der Waals surface area contributed by atoms with Crippen LogP contribution in [-0.4, -0.2) is 20.1 Å². The molecular weight excluding hydrogens is 334 g/mol. The van der Waals surface area contributed by atoms with Gasteiger partial charge in [0, 0.05) is 28.7 Å². The molecule has 2 aromatic carbocycles. The Morgan fingerprint density at radius 3 is 2.68 bits per heavy atom. The quantitative estimate of drug-likeness (QED) is 0.693. The number of para-hydroxylation sites is 1. The van der Waals surface area contributed by atoms with Crippen molar-refractivity contribution in [2.75, 3.05) is 19.1 Å². The van der Waals surface area contributed by atoms with Crippen LogP contribution < -0.4 is 14.4 Å². The summed E-state index contributed by atoms with van der Waals surface area (Å²) in [6, 6.07) is 17.3. The Labute approximate surface area is 150 Å². The molecule has 1 aliphatic rings. The van der Waals surface area contributed by atoms with Gasteiger partial charge < -0.3 is 14.4 Å². The maximum atomic E-state index is 12.9. The summed E-state index contributed by atoms with van der Waals surface area (Å²) in [5.74, 6) is 1.62. The second-order valence-electron chi connectivity index (χ2n) is 5.81. The monoisotopic (exact) mass is 351 g/mol. The molecule has 0 unspecified atom stereocenters. The van der Waals surface area contributed by atoms with Crippen LogP contribution in [0.2, 0.25) is 0 Å². The number of fused-ring (bicyclic) bond motifs is 3. The smallest absolute Gasteiger partial charge is 0.268 e. The number of anilines is 1. The molecule has 4 rings (SSSR count). The summed E-state index contributed by atoms with van der Waals surface area (Å²) < 4.78 is 10.9. The first-order valence-corrected chi connectivity index (χ1v) is 8.76. The van der Waals surface area contributed by atoms with E-state index in [2.05, 4.69) is 0 Å². The molecule has 3 aromatic rings. The Bertz CT molecular complexity index is 930. The predicted octanol–water partition coefficient (Wildman–Crippen LogP) is 4.59. The highest BCUT2D eigenvalue weighted by atomic mass is 32.1. The molecule has 2 heterocycles. The SMILES string of the molecule is COc1ccc(N(C)C(=O)c2cc3c(s2)-c2ccccc2OC3)cc1. The van der Waals surface area contributed by atoms with Gasteiger partial charge in [-0.3, -0.25) is 4.79 Å². The molecule has 0 spiro atoms. The molecule has 0 saturated carbocycles. The van der Waals surface area contributed by atoms with Gasteiger partial charge >= 0.3 is 0 Å². The van der Waals surface area contributed by atoms with E-state index in [1.165, 1.54) is 11.3 Å². The van der Waals surface area contributed by atoms with Crippen molar-refractivity contribution in [3.05, 3.63) is 65.0 Å². The van der Waals surface area contributed by atoms with Gasteiger partial charge in [0.25, 0.3) is 5.91 Å². The van der Waals surface area contributed by atoms with E-state index in [0.717, 1.165) is 33.2 Å². The van der Waals surface area contributed by atoms with Crippen LogP contribution in [-0.2, 0) is 6.61 Å². The van der Waals surface area contributed by atoms with E-state index in [4.69, 9.17) is 9.47 Å². The lowest BCUT2D eigenvalue weighted by atomic mass is 10.1. The van der Waals surface area contributed by atoms with E-state index in [-0.39, 0.29) is 5.91 Å². The van der Waals surface area contributed by atoms with E-state index in [1.807, 2.05) is 54.6 Å². The number of amides is 1. The zero-order chi connectivity index (χ0) is 17.4. The van der Waals surface area contributed by atoms with Gasteiger partial charge in [-0.1, -0.05) is 12.1 Å². The third kappa shape index (κ3) is 2.76. The molecule has 0 aliphatic carbocycles. The molecular formula is C20H17NO3S. The highest BCUT2D eigenvalue weighted by Gasteiger charge is 2.24. The van der Waals surface area contributed by atoms with Gasteiger partial charge in [-0.25, -0.2) is 0 Å². The fraction of sp³-hybridized carbons (Fsp3) is 0.150. The molecule has 0 atom stereocenters. The zero-order valence-electron chi connectivity index (χ0n) is 14.0. The zero-order valence-corrected chi connectivity index (χ0v) is 14.8. The van der Waals surface area contributed by atoms with Crippen LogP contribution in [0.25, 0.3) is 10.4 Å². The highest BCUT2D eigenvalue weighted by Crippen LogP contribution is 2.42. The van der Waals surface area contributed by atoms with Crippen LogP contribution in [0, 0.1) is 0 Å². The molecule has 1 amide bonds. The third-order valence-corrected chi connectivity index (χ3v) is 5.50. The van der Waals surface area contributed by atoms with Gasteiger partial charge in [-0.2, -0.15) is 0 Å². The number of methoxy groups -OCH3 is 1. The van der Waals surface area contributed by atoms with Gasteiger partial charge in [0.1, 0.15) is 18.1 Å². The fourth-order valence-electron chi connectivity index (χ4n) is 2.89. The van der Waals surface area contributed by atoms with Gasteiger partial charge in [0.15, 0.2) is 0 Å². The van der Waals surface area contributed by atoms with Gasteiger partial charge in [-0.15, -0.1) is 11.3 Å². The van der Waals surface area contributed by atoms with E-state index in [1.54, 1.807) is 19.1 Å². The topological polar surface area (TPSA) is 38.8 Å². The molecule has 0 N–H and O–H groups in total. The first-order chi connectivity index (χ1) is 12.2. The van der Waals surface area contributed by atoms with Crippen molar-refractivity contribution in [1.29, 1.82) is 0 Å². The molecule has 0 saturated heterocycles. The number of ether oxygens (including phenoxy) is 2. The lowest BCUT2D eigenvalue weighted by molar-refractivity contribution is 0.0996. The number of nitrogens with zero attached hydrogens (tertiary/aromatic N) is 1. The molecule has 1 aromatic heterocycles. The van der Waals surface area contributed by atoms with E-state index >= 15 is 0 Å². The lowest BCUT2D eigenvalue weighted by Crippen LogP contribution is -2.25. The van der Waals surface area contributed by atoms with Crippen molar-refractivity contribution >= 4 is 22.9 Å². The Hall–Kier alpha value is -2.79. The number of benzene rings is 2. The van der Waals surface area contributed by atoms with E-state index in [0.29, 0.717) is 11.5 Å². The Kier molecular flexibility index (Phi) is 3.93. The van der Waals surface area contributed by atoms with Crippen LogP contribution in [0.5, 0.6) is 11.5 Å². The number of carbonyl (C=O) groups is 1. The van der Waals surface area contributed by atoms with Crippen LogP contribution in [0.15, 0.2) is 54.6 Å². The van der Waals surface area contributed by atoms with E-state index in [9.17, 15) is 4.79 Å². The summed E-state index contributed by atoms with van der Waals surface area (Å²) in [5, 5.41) is 0. The fourth-order valence-corrected chi connectivity index (χ4v) is 4.07. The Morgan fingerprint density at radius 1 is 1.16 bits per heavy atom. The minimum Gasteiger partial charge on any atom is -0.497 e. The Morgan fingerprint density at radius 2 is 1.92 bits per heavy atom. The van der Waals surface area contributed by atoms with Crippen LogP contribution >= 0.6 is 11.3 Å². The largest absolute Gasteiger partial charge is 0.497 e. The van der Waals surface area contributed by atoms with Crippen molar-refractivity contribution in [2.24, 2.45) is 0 Å². The van der Waals surface area contributed by atoms with Gasteiger partial charge in [0.2, 0.25) is 0 Å². The van der Waals surface area contributed by atoms with Gasteiger partial charge in [-0.05, 0) is 42.5 Å². The van der Waals surface area contributed by atoms with Crippen molar-refractivity contribution < 1.29 is 14.3 Å². The third-order valence-electron chi connectivity index (χ3n) is 4.30. The van der Waals surface area contributed by atoms with E-state index < -0.39 is 0 Å². The molecule has 126 valence electrons. The first-order valence-electron chi connectivity index (χ1n) is 7.94. The molecule has 0 bridgehead atoms. The number of hydrogen-bond donors (Lipinski definition) is 0. The average Bonchev–Trinajstić information content (AvgIpc) is 3.11. The van der Waals surface area contributed by atoms with Crippen molar-refractivity contribution in [1.82, 2.24) is 0 Å². The average molecular weight is 351 g/mol. The molecule has 4 nitrogen and oxygen atoms in total. The Balaban J connectivity index is 1.64. The van der Waals surface area contributed by atoms with Crippen LogP contribution in [0.4, 0.5) is 5.69 Å². The minimum atomic E-state index is -0.0259. The van der Waals surface area contributed by atoms with Crippen molar-refractivity contribution in [3.63, 3.8) is 0 Å². The summed E-state index contributed by atoms with van der Waals surface area (Å²) >= 11 is 1.52. The molecule has 1 aliphatic heterocycles. The lowest BCUT2D eigenvalue weighted by Gasteiger charge is -2.16. The summed E-state index contributed by atoms with van der Waals surface area (Å²) in [4.78, 5) is 16.4. The first kappa shape index (κ1) is 15.7. The van der Waals surface area contributed by atoms with Crippen LogP contribution in [0.3, 0.4) is 0 Å². The molecule has 0 radical (unpaired) electrons. The second-order valence-corrected chi connectivity index (χ2v) is 6.86. The molecule has 0 fully saturated rings. The standard InChI is InChI=1S/C20H17NO3S/c1-21(14-7-9-15(23-2)10-8-14)20(22)18-11-13-12-24-17-6-4-3-5-16(17)19(13)25-18/h3-11H,12H2,1-2H3. The summed E-state index contributed by atoms with van der Waals surface area (Å²) in [5.41, 5.74) is 2.95. The number of hydrogen-bond acceptors (Lipinski definition) is 4. The normalized spacial score (nSPS) is 11.9. The number of carbonyl (C=O) groups excluding carboxylic acids is 1. The summed E-state index contributed by atoms with van der Waals surface area (Å²) in [7, 11) is 3.41. The molecule has 5 heteroatoms. The van der Waals surface area contributed by atoms with Crippen molar-refractivity contribution in [3.8, 4) is 21.9 Å². The van der Waals surface area contributed by atoms with Gasteiger partial charge in [0.05, 0.1) is 12.0 Å². The second kappa shape index (κ2) is 6.26. The van der Waals surface area contributed by atoms with Crippen LogP contribution in [0.1, 0.15) is 15.2 Å². The maximum absolute atomic E-state index is 12.9. The highest BCUT2D eigenvalue weighted by molar-refractivity contribution is 7.17. The number of thiophene rings is 1.